The lowest BCUT2D eigenvalue weighted by atomic mass is 10.2. The highest BCUT2D eigenvalue weighted by molar-refractivity contribution is 5.67. The third-order valence-corrected chi connectivity index (χ3v) is 3.85. The summed E-state index contributed by atoms with van der Waals surface area (Å²) in [4.78, 5) is 8.72. The Hall–Kier alpha value is -3.28. The Bertz CT molecular complexity index is 898. The zero-order valence-electron chi connectivity index (χ0n) is 15.1. The highest BCUT2D eigenvalue weighted by atomic mass is 16.5. The number of benzene rings is 2. The van der Waals surface area contributed by atoms with Crippen LogP contribution in [-0.4, -0.2) is 17.1 Å². The summed E-state index contributed by atoms with van der Waals surface area (Å²) in [6.45, 7) is 4.39. The molecule has 134 valence electrons. The van der Waals surface area contributed by atoms with Crippen LogP contribution >= 0.6 is 0 Å². The number of hydrogen-bond acceptors (Lipinski definition) is 6. The summed E-state index contributed by atoms with van der Waals surface area (Å²) >= 11 is 0. The monoisotopic (exact) mass is 350 g/mol. The largest absolute Gasteiger partial charge is 0.493 e. The number of nitrogens with zero attached hydrogens (tertiary/aromatic N) is 2. The number of aryl methyl sites for hydroxylation is 2. The molecule has 0 spiro atoms. The molecule has 0 saturated heterocycles. The predicted octanol–water partition coefficient (Wildman–Crippen LogP) is 4.09. The van der Waals surface area contributed by atoms with Crippen molar-refractivity contribution in [3.05, 3.63) is 65.5 Å². The van der Waals surface area contributed by atoms with E-state index in [1.807, 2.05) is 55.5 Å². The third kappa shape index (κ3) is 4.03. The van der Waals surface area contributed by atoms with E-state index in [1.165, 1.54) is 0 Å². The van der Waals surface area contributed by atoms with Crippen LogP contribution in [0.5, 0.6) is 17.4 Å². The van der Waals surface area contributed by atoms with Gasteiger partial charge in [-0.1, -0.05) is 36.4 Å². The van der Waals surface area contributed by atoms with Gasteiger partial charge in [-0.15, -0.1) is 0 Å². The molecule has 3 aromatic rings. The minimum atomic E-state index is 0.301. The van der Waals surface area contributed by atoms with E-state index in [-0.39, 0.29) is 0 Å². The fourth-order valence-electron chi connectivity index (χ4n) is 2.51. The van der Waals surface area contributed by atoms with Crippen molar-refractivity contribution in [1.29, 1.82) is 0 Å². The van der Waals surface area contributed by atoms with E-state index in [0.29, 0.717) is 41.3 Å². The molecule has 1 aromatic heterocycles. The van der Waals surface area contributed by atoms with Crippen molar-refractivity contribution in [3.8, 4) is 17.4 Å². The Labute approximate surface area is 153 Å². The molecule has 2 aromatic carbocycles. The van der Waals surface area contributed by atoms with Gasteiger partial charge in [-0.3, -0.25) is 0 Å². The normalized spacial score (nSPS) is 10.4. The molecule has 0 saturated carbocycles. The summed E-state index contributed by atoms with van der Waals surface area (Å²) in [5.74, 6) is 2.59. The van der Waals surface area contributed by atoms with Gasteiger partial charge in [0.05, 0.1) is 7.11 Å². The van der Waals surface area contributed by atoms with E-state index in [9.17, 15) is 0 Å². The second-order valence-electron chi connectivity index (χ2n) is 5.93. The quantitative estimate of drug-likeness (QED) is 0.697. The predicted molar refractivity (Wildman–Crippen MR) is 103 cm³/mol. The van der Waals surface area contributed by atoms with Crippen molar-refractivity contribution in [1.82, 2.24) is 9.97 Å². The first-order valence-corrected chi connectivity index (χ1v) is 8.31. The average molecular weight is 350 g/mol. The first kappa shape index (κ1) is 17.5. The SMILES string of the molecule is COc1cc(C)ccc1Oc1nc(C)nc(NCc2ccccc2)c1N. The maximum atomic E-state index is 6.23. The molecule has 6 heteroatoms. The molecular weight excluding hydrogens is 328 g/mol. The average Bonchev–Trinajstić information content (AvgIpc) is 2.65. The molecule has 6 nitrogen and oxygen atoms in total. The first-order valence-electron chi connectivity index (χ1n) is 8.31. The fraction of sp³-hybridized carbons (Fsp3) is 0.200. The molecule has 0 atom stereocenters. The van der Waals surface area contributed by atoms with Gasteiger partial charge in [0, 0.05) is 6.54 Å². The van der Waals surface area contributed by atoms with E-state index >= 15 is 0 Å². The van der Waals surface area contributed by atoms with E-state index < -0.39 is 0 Å². The van der Waals surface area contributed by atoms with Gasteiger partial charge in [-0.05, 0) is 37.1 Å². The van der Waals surface area contributed by atoms with Gasteiger partial charge in [0.25, 0.3) is 0 Å². The molecular formula is C20H22N4O2. The molecule has 0 aliphatic rings. The van der Waals surface area contributed by atoms with Crippen molar-refractivity contribution in [3.63, 3.8) is 0 Å². The smallest absolute Gasteiger partial charge is 0.248 e. The van der Waals surface area contributed by atoms with E-state index in [1.54, 1.807) is 14.0 Å². The lowest BCUT2D eigenvalue weighted by Crippen LogP contribution is -2.08. The molecule has 0 aliphatic heterocycles. The van der Waals surface area contributed by atoms with Gasteiger partial charge >= 0.3 is 0 Å². The van der Waals surface area contributed by atoms with Crippen LogP contribution in [0.2, 0.25) is 0 Å². The number of hydrogen-bond donors (Lipinski definition) is 2. The number of methoxy groups -OCH3 is 1. The Morgan fingerprint density at radius 1 is 1.00 bits per heavy atom. The van der Waals surface area contributed by atoms with Gasteiger partial charge in [0.1, 0.15) is 11.5 Å². The lowest BCUT2D eigenvalue weighted by molar-refractivity contribution is 0.374. The maximum Gasteiger partial charge on any atom is 0.248 e. The minimum Gasteiger partial charge on any atom is -0.493 e. The van der Waals surface area contributed by atoms with Crippen LogP contribution in [0.25, 0.3) is 0 Å². The van der Waals surface area contributed by atoms with E-state index in [0.717, 1.165) is 11.1 Å². The van der Waals surface area contributed by atoms with Crippen molar-refractivity contribution < 1.29 is 9.47 Å². The Kier molecular flexibility index (Phi) is 5.22. The number of aromatic nitrogens is 2. The zero-order valence-corrected chi connectivity index (χ0v) is 15.1. The van der Waals surface area contributed by atoms with Crippen LogP contribution in [-0.2, 0) is 6.54 Å². The van der Waals surface area contributed by atoms with Gasteiger partial charge in [-0.25, -0.2) is 4.98 Å². The number of ether oxygens (including phenoxy) is 2. The molecule has 0 unspecified atom stereocenters. The first-order chi connectivity index (χ1) is 12.6. The molecule has 26 heavy (non-hydrogen) atoms. The lowest BCUT2D eigenvalue weighted by Gasteiger charge is -2.15. The van der Waals surface area contributed by atoms with E-state index in [2.05, 4.69) is 15.3 Å². The Morgan fingerprint density at radius 3 is 2.50 bits per heavy atom. The number of rotatable bonds is 6. The summed E-state index contributed by atoms with van der Waals surface area (Å²) in [5, 5.41) is 3.25. The van der Waals surface area contributed by atoms with Crippen LogP contribution in [0.4, 0.5) is 11.5 Å². The highest BCUT2D eigenvalue weighted by Gasteiger charge is 2.14. The molecule has 0 amide bonds. The second kappa shape index (κ2) is 7.74. The number of anilines is 2. The standard InChI is InChI=1S/C20H22N4O2/c1-13-9-10-16(17(11-13)25-3)26-20-18(21)19(23-14(2)24-20)22-12-15-7-5-4-6-8-15/h4-11H,12,21H2,1-3H3,(H,22,23,24). The van der Waals surface area contributed by atoms with Crippen LogP contribution in [0.1, 0.15) is 17.0 Å². The summed E-state index contributed by atoms with van der Waals surface area (Å²) in [7, 11) is 1.60. The highest BCUT2D eigenvalue weighted by Crippen LogP contribution is 2.35. The topological polar surface area (TPSA) is 82.3 Å². The molecule has 1 heterocycles. The van der Waals surface area contributed by atoms with Crippen LogP contribution in [0, 0.1) is 13.8 Å². The van der Waals surface area contributed by atoms with Crippen molar-refractivity contribution >= 4 is 11.5 Å². The molecule has 3 N–H and O–H groups in total. The summed E-state index contributed by atoms with van der Waals surface area (Å²) < 4.78 is 11.3. The summed E-state index contributed by atoms with van der Waals surface area (Å²) in [6.07, 6.45) is 0. The number of nitrogen functional groups attached to an aromatic ring is 1. The third-order valence-electron chi connectivity index (χ3n) is 3.85. The summed E-state index contributed by atoms with van der Waals surface area (Å²) in [6, 6.07) is 15.7. The van der Waals surface area contributed by atoms with Crippen LogP contribution < -0.4 is 20.5 Å². The molecule has 0 fully saturated rings. The molecule has 0 aliphatic carbocycles. The van der Waals surface area contributed by atoms with E-state index in [4.69, 9.17) is 15.2 Å². The minimum absolute atomic E-state index is 0.301. The molecule has 0 radical (unpaired) electrons. The molecule has 0 bridgehead atoms. The van der Waals surface area contributed by atoms with Gasteiger partial charge in [-0.2, -0.15) is 4.98 Å². The number of nitrogens with one attached hydrogen (secondary N) is 1. The molecule has 3 rings (SSSR count). The van der Waals surface area contributed by atoms with Crippen LogP contribution in [0.3, 0.4) is 0 Å². The Balaban J connectivity index is 1.85. The Morgan fingerprint density at radius 2 is 1.77 bits per heavy atom. The van der Waals surface area contributed by atoms with Gasteiger partial charge in [0.15, 0.2) is 17.3 Å². The van der Waals surface area contributed by atoms with Crippen molar-refractivity contribution in [2.75, 3.05) is 18.2 Å². The van der Waals surface area contributed by atoms with Gasteiger partial charge < -0.3 is 20.5 Å². The fourth-order valence-corrected chi connectivity index (χ4v) is 2.51. The summed E-state index contributed by atoms with van der Waals surface area (Å²) in [5.41, 5.74) is 8.79. The van der Waals surface area contributed by atoms with Crippen molar-refractivity contribution in [2.24, 2.45) is 0 Å². The van der Waals surface area contributed by atoms with Crippen molar-refractivity contribution in [2.45, 2.75) is 20.4 Å². The van der Waals surface area contributed by atoms with Crippen LogP contribution in [0.15, 0.2) is 48.5 Å². The number of nitrogens with two attached hydrogens (primary N) is 1. The second-order valence-corrected chi connectivity index (χ2v) is 5.93. The maximum absolute atomic E-state index is 6.23. The zero-order chi connectivity index (χ0) is 18.5. The van der Waals surface area contributed by atoms with Gasteiger partial charge in [0.2, 0.25) is 5.88 Å².